The Hall–Kier alpha value is -1.48. The summed E-state index contributed by atoms with van der Waals surface area (Å²) in [6.45, 7) is 4.36. The number of benzene rings is 1. The number of aromatic nitrogens is 2. The summed E-state index contributed by atoms with van der Waals surface area (Å²) in [7, 11) is 1.98. The van der Waals surface area contributed by atoms with Gasteiger partial charge in [-0.15, -0.1) is 0 Å². The largest absolute Gasteiger partial charge is 0.317 e. The van der Waals surface area contributed by atoms with E-state index in [4.69, 9.17) is 0 Å². The fourth-order valence-electron chi connectivity index (χ4n) is 1.88. The fraction of sp³-hybridized carbons (Fsp3) is 0.385. The number of nitrogens with zero attached hydrogens (tertiary/aromatic N) is 2. The topological polar surface area (TPSA) is 37.8 Å². The average Bonchev–Trinajstić information content (AvgIpc) is 2.36. The van der Waals surface area contributed by atoms with Crippen LogP contribution in [-0.2, 0) is 0 Å². The van der Waals surface area contributed by atoms with Crippen LogP contribution in [0.5, 0.6) is 0 Å². The van der Waals surface area contributed by atoms with Crippen molar-refractivity contribution >= 4 is 10.9 Å². The molecule has 0 aliphatic carbocycles. The van der Waals surface area contributed by atoms with Gasteiger partial charge in [-0.2, -0.15) is 0 Å². The molecule has 0 saturated carbocycles. The summed E-state index contributed by atoms with van der Waals surface area (Å²) in [5.41, 5.74) is 2.13. The zero-order valence-electron chi connectivity index (χ0n) is 9.94. The minimum absolute atomic E-state index is 0.373. The highest BCUT2D eigenvalue weighted by atomic mass is 14.9. The van der Waals surface area contributed by atoms with Gasteiger partial charge in [0, 0.05) is 17.3 Å². The molecule has 0 aliphatic rings. The molecule has 1 heterocycles. The Morgan fingerprint density at radius 2 is 1.88 bits per heavy atom. The van der Waals surface area contributed by atoms with E-state index in [0.29, 0.717) is 12.0 Å². The Bertz CT molecular complexity index is 476. The third-order valence-electron chi connectivity index (χ3n) is 3.21. The van der Waals surface area contributed by atoms with Crippen LogP contribution in [0.4, 0.5) is 0 Å². The van der Waals surface area contributed by atoms with Gasteiger partial charge in [-0.1, -0.05) is 25.1 Å². The van der Waals surface area contributed by atoms with Crippen LogP contribution in [0, 0.1) is 0 Å². The van der Waals surface area contributed by atoms with Gasteiger partial charge in [-0.25, -0.2) is 9.97 Å². The van der Waals surface area contributed by atoms with Crippen molar-refractivity contribution in [3.8, 4) is 0 Å². The van der Waals surface area contributed by atoms with E-state index in [0.717, 1.165) is 16.6 Å². The second kappa shape index (κ2) is 4.58. The zero-order chi connectivity index (χ0) is 11.5. The summed E-state index contributed by atoms with van der Waals surface area (Å²) >= 11 is 0. The molecule has 3 nitrogen and oxygen atoms in total. The smallest absolute Gasteiger partial charge is 0.116 e. The Morgan fingerprint density at radius 3 is 2.62 bits per heavy atom. The molecule has 0 amide bonds. The van der Waals surface area contributed by atoms with Crippen LogP contribution >= 0.6 is 0 Å². The maximum absolute atomic E-state index is 4.42. The summed E-state index contributed by atoms with van der Waals surface area (Å²) in [6, 6.07) is 8.55. The van der Waals surface area contributed by atoms with Crippen molar-refractivity contribution in [1.82, 2.24) is 15.3 Å². The molecule has 0 spiro atoms. The molecule has 0 radical (unpaired) electrons. The molecule has 84 valence electrons. The molecule has 0 aliphatic heterocycles. The summed E-state index contributed by atoms with van der Waals surface area (Å²) in [6.07, 6.45) is 1.65. The number of rotatable bonds is 3. The van der Waals surface area contributed by atoms with E-state index in [1.165, 1.54) is 0 Å². The number of hydrogen-bond acceptors (Lipinski definition) is 3. The number of likely N-dealkylation sites (N-methyl/N-ethyl adjacent to an activating group) is 1. The highest BCUT2D eigenvalue weighted by Gasteiger charge is 2.16. The number of para-hydroxylation sites is 1. The van der Waals surface area contributed by atoms with Crippen molar-refractivity contribution in [3.63, 3.8) is 0 Å². The van der Waals surface area contributed by atoms with E-state index in [-0.39, 0.29) is 0 Å². The van der Waals surface area contributed by atoms with Crippen LogP contribution in [0.15, 0.2) is 30.6 Å². The molecule has 0 bridgehead atoms. The van der Waals surface area contributed by atoms with Gasteiger partial charge in [0.15, 0.2) is 0 Å². The predicted molar refractivity (Wildman–Crippen MR) is 66.5 cm³/mol. The number of hydrogen-bond donors (Lipinski definition) is 1. The maximum Gasteiger partial charge on any atom is 0.116 e. The van der Waals surface area contributed by atoms with E-state index in [2.05, 4.69) is 35.2 Å². The Morgan fingerprint density at radius 1 is 1.12 bits per heavy atom. The average molecular weight is 215 g/mol. The zero-order valence-corrected chi connectivity index (χ0v) is 9.94. The van der Waals surface area contributed by atoms with Crippen LogP contribution in [0.3, 0.4) is 0 Å². The van der Waals surface area contributed by atoms with E-state index >= 15 is 0 Å². The second-order valence-electron chi connectivity index (χ2n) is 4.14. The van der Waals surface area contributed by atoms with Gasteiger partial charge in [0.25, 0.3) is 0 Å². The maximum atomic E-state index is 4.42. The predicted octanol–water partition coefficient (Wildman–Crippen LogP) is 2.34. The highest BCUT2D eigenvalue weighted by Crippen LogP contribution is 2.23. The lowest BCUT2D eigenvalue weighted by Gasteiger charge is -2.19. The molecule has 2 aromatic rings. The molecule has 2 atom stereocenters. The van der Waals surface area contributed by atoms with Crippen LogP contribution in [0.2, 0.25) is 0 Å². The molecular formula is C13H17N3. The SMILES string of the molecule is CNC(C)C(C)c1ncnc2ccccc12. The van der Waals surface area contributed by atoms with E-state index in [1.54, 1.807) is 6.33 Å². The first kappa shape index (κ1) is 11.0. The molecule has 16 heavy (non-hydrogen) atoms. The van der Waals surface area contributed by atoms with Crippen LogP contribution < -0.4 is 5.32 Å². The van der Waals surface area contributed by atoms with Gasteiger partial charge in [-0.3, -0.25) is 0 Å². The van der Waals surface area contributed by atoms with Crippen molar-refractivity contribution in [2.45, 2.75) is 25.8 Å². The minimum atomic E-state index is 0.373. The van der Waals surface area contributed by atoms with Crippen LogP contribution in [0.1, 0.15) is 25.5 Å². The third kappa shape index (κ3) is 1.91. The Kier molecular flexibility index (Phi) is 3.15. The molecular weight excluding hydrogens is 198 g/mol. The highest BCUT2D eigenvalue weighted by molar-refractivity contribution is 5.80. The minimum Gasteiger partial charge on any atom is -0.317 e. The van der Waals surface area contributed by atoms with Gasteiger partial charge < -0.3 is 5.32 Å². The van der Waals surface area contributed by atoms with Gasteiger partial charge in [0.2, 0.25) is 0 Å². The second-order valence-corrected chi connectivity index (χ2v) is 4.14. The lowest BCUT2D eigenvalue weighted by molar-refractivity contribution is 0.517. The molecule has 2 unspecified atom stereocenters. The molecule has 0 fully saturated rings. The lowest BCUT2D eigenvalue weighted by atomic mass is 9.96. The summed E-state index contributed by atoms with van der Waals surface area (Å²) in [5, 5.41) is 4.42. The van der Waals surface area contributed by atoms with Crippen molar-refractivity contribution in [1.29, 1.82) is 0 Å². The molecule has 1 aromatic carbocycles. The number of nitrogens with one attached hydrogen (secondary N) is 1. The van der Waals surface area contributed by atoms with E-state index in [9.17, 15) is 0 Å². The first-order valence-electron chi connectivity index (χ1n) is 5.61. The van der Waals surface area contributed by atoms with Crippen molar-refractivity contribution in [3.05, 3.63) is 36.3 Å². The standard InChI is InChI=1S/C13H17N3/c1-9(10(2)14-3)13-11-6-4-5-7-12(11)15-8-16-13/h4-10,14H,1-3H3. The van der Waals surface area contributed by atoms with Crippen LogP contribution in [-0.4, -0.2) is 23.1 Å². The monoisotopic (exact) mass is 215 g/mol. The quantitative estimate of drug-likeness (QED) is 0.854. The Labute approximate surface area is 95.9 Å². The summed E-state index contributed by atoms with van der Waals surface area (Å²) in [5.74, 6) is 0.373. The van der Waals surface area contributed by atoms with Crippen molar-refractivity contribution in [2.75, 3.05) is 7.05 Å². The molecule has 0 saturated heterocycles. The lowest BCUT2D eigenvalue weighted by Crippen LogP contribution is -2.27. The fourth-order valence-corrected chi connectivity index (χ4v) is 1.88. The molecule has 1 aromatic heterocycles. The first-order chi connectivity index (χ1) is 7.74. The van der Waals surface area contributed by atoms with E-state index < -0.39 is 0 Å². The Balaban J connectivity index is 2.52. The van der Waals surface area contributed by atoms with Gasteiger partial charge in [0.1, 0.15) is 6.33 Å². The van der Waals surface area contributed by atoms with Crippen molar-refractivity contribution in [2.24, 2.45) is 0 Å². The molecule has 2 rings (SSSR count). The molecule has 3 heteroatoms. The summed E-state index contributed by atoms with van der Waals surface area (Å²) < 4.78 is 0. The van der Waals surface area contributed by atoms with Gasteiger partial charge >= 0.3 is 0 Å². The van der Waals surface area contributed by atoms with Gasteiger partial charge in [0.05, 0.1) is 11.2 Å². The normalized spacial score (nSPS) is 14.9. The van der Waals surface area contributed by atoms with Crippen LogP contribution in [0.25, 0.3) is 10.9 Å². The van der Waals surface area contributed by atoms with Gasteiger partial charge in [-0.05, 0) is 20.0 Å². The van der Waals surface area contributed by atoms with Crippen molar-refractivity contribution < 1.29 is 0 Å². The van der Waals surface area contributed by atoms with E-state index in [1.807, 2.05) is 25.2 Å². The number of fused-ring (bicyclic) bond motifs is 1. The first-order valence-corrected chi connectivity index (χ1v) is 5.61. The summed E-state index contributed by atoms with van der Waals surface area (Å²) in [4.78, 5) is 8.70. The molecule has 1 N–H and O–H groups in total. The third-order valence-corrected chi connectivity index (χ3v) is 3.21.